The summed E-state index contributed by atoms with van der Waals surface area (Å²) in [5.74, 6) is 0. The first kappa shape index (κ1) is 14.8. The molecule has 0 spiro atoms. The van der Waals surface area contributed by atoms with Gasteiger partial charge in [-0.1, -0.05) is 51.4 Å². The molecule has 0 aliphatic carbocycles. The minimum absolute atomic E-state index is 0.283. The van der Waals surface area contributed by atoms with Gasteiger partial charge in [0.05, 0.1) is 15.2 Å². The Hall–Kier alpha value is -0.269. The molecule has 0 aromatic rings. The first-order valence-electron chi connectivity index (χ1n) is 6.07. The molecule has 0 aromatic heterocycles. The van der Waals surface area contributed by atoms with E-state index in [1.54, 1.807) is 12.2 Å². The number of rotatable bonds is 3. The SMILES string of the molecule is C[Si](C)(C)[Si]1([Si](C)(C)C)C(=O)C=CC=C1CF. The smallest absolute Gasteiger partial charge is 0.150 e. The van der Waals surface area contributed by atoms with Gasteiger partial charge in [-0.3, -0.25) is 0 Å². The molecule has 0 fully saturated rings. The number of allylic oxidation sites excluding steroid dienone is 4. The first-order valence-corrected chi connectivity index (χ1v) is 17.1. The molecule has 1 rings (SSSR count). The van der Waals surface area contributed by atoms with Crippen LogP contribution in [0.2, 0.25) is 39.3 Å². The van der Waals surface area contributed by atoms with Crippen molar-refractivity contribution in [2.24, 2.45) is 0 Å². The van der Waals surface area contributed by atoms with Crippen LogP contribution in [-0.4, -0.2) is 34.4 Å². The summed E-state index contributed by atoms with van der Waals surface area (Å²) in [6.45, 7) is 13.1. The second-order valence-corrected chi connectivity index (χ2v) is 33.4. The van der Waals surface area contributed by atoms with E-state index in [-0.39, 0.29) is 5.41 Å². The highest BCUT2D eigenvalue weighted by atomic mass is 29.6. The van der Waals surface area contributed by atoms with Gasteiger partial charge in [0, 0.05) is 0 Å². The second kappa shape index (κ2) is 4.44. The number of halogens is 1. The van der Waals surface area contributed by atoms with Gasteiger partial charge in [-0.2, -0.15) is 0 Å². The fourth-order valence-electron chi connectivity index (χ4n) is 3.63. The Morgan fingerprint density at radius 2 is 1.59 bits per heavy atom. The summed E-state index contributed by atoms with van der Waals surface area (Å²) in [7, 11) is -5.68. The maximum Gasteiger partial charge on any atom is 0.150 e. The molecule has 0 bridgehead atoms. The quantitative estimate of drug-likeness (QED) is 0.727. The Kier molecular flexibility index (Phi) is 3.86. The Morgan fingerprint density at radius 1 is 1.12 bits per heavy atom. The minimum Gasteiger partial charge on any atom is -0.301 e. The van der Waals surface area contributed by atoms with Crippen LogP contribution in [0, 0.1) is 0 Å². The summed E-state index contributed by atoms with van der Waals surface area (Å²) < 4.78 is 13.4. The molecular formula is C12H23FOSi3. The van der Waals surface area contributed by atoms with Crippen molar-refractivity contribution in [2.75, 3.05) is 6.67 Å². The van der Waals surface area contributed by atoms with Gasteiger partial charge < -0.3 is 4.79 Å². The molecule has 0 aromatic carbocycles. The maximum atomic E-state index is 13.4. The lowest BCUT2D eigenvalue weighted by molar-refractivity contribution is -0.108. The third kappa shape index (κ3) is 2.08. The lowest BCUT2D eigenvalue weighted by Gasteiger charge is -2.49. The van der Waals surface area contributed by atoms with Crippen LogP contribution in [-0.2, 0) is 4.79 Å². The molecule has 0 saturated carbocycles. The van der Waals surface area contributed by atoms with E-state index in [4.69, 9.17) is 0 Å². The normalized spacial score (nSPS) is 20.4. The second-order valence-electron chi connectivity index (χ2n) is 6.80. The molecule has 17 heavy (non-hydrogen) atoms. The molecule has 1 aliphatic rings. The Morgan fingerprint density at radius 3 is 1.88 bits per heavy atom. The van der Waals surface area contributed by atoms with E-state index in [0.29, 0.717) is 0 Å². The maximum absolute atomic E-state index is 13.4. The molecule has 1 nitrogen and oxygen atoms in total. The predicted molar refractivity (Wildman–Crippen MR) is 80.7 cm³/mol. The summed E-state index contributed by atoms with van der Waals surface area (Å²) >= 11 is 0. The van der Waals surface area contributed by atoms with Crippen LogP contribution in [0.4, 0.5) is 4.39 Å². The molecule has 0 amide bonds. The van der Waals surface area contributed by atoms with Crippen LogP contribution >= 0.6 is 0 Å². The van der Waals surface area contributed by atoms with Crippen LogP contribution in [0.5, 0.6) is 0 Å². The van der Waals surface area contributed by atoms with E-state index >= 15 is 0 Å². The van der Waals surface area contributed by atoms with Crippen molar-refractivity contribution >= 4 is 27.7 Å². The highest BCUT2D eigenvalue weighted by Crippen LogP contribution is 2.38. The van der Waals surface area contributed by atoms with Crippen LogP contribution < -0.4 is 0 Å². The van der Waals surface area contributed by atoms with Crippen molar-refractivity contribution in [3.63, 3.8) is 0 Å². The van der Waals surface area contributed by atoms with E-state index in [1.807, 2.05) is 6.08 Å². The molecule has 96 valence electrons. The standard InChI is InChI=1S/C12H23FOSi3/c1-15(2,3)17(16(4,5)6)11(10-13)8-7-9-12(17)14/h7-9H,10H2,1-6H3. The fraction of sp³-hybridized carbons (Fsp3) is 0.583. The summed E-state index contributed by atoms with van der Waals surface area (Å²) in [5.41, 5.74) is 0. The summed E-state index contributed by atoms with van der Waals surface area (Å²) in [5, 5.41) is 1.15. The summed E-state index contributed by atoms with van der Waals surface area (Å²) in [4.78, 5) is 12.6. The molecular weight excluding hydrogens is 263 g/mol. The number of hydrogen-bond acceptors (Lipinski definition) is 1. The third-order valence-electron chi connectivity index (χ3n) is 3.79. The summed E-state index contributed by atoms with van der Waals surface area (Å²) in [6, 6.07) is 0. The largest absolute Gasteiger partial charge is 0.301 e. The van der Waals surface area contributed by atoms with Crippen LogP contribution in [0.15, 0.2) is 23.4 Å². The molecule has 1 heterocycles. The number of hydrogen-bond donors (Lipinski definition) is 0. The lowest BCUT2D eigenvalue weighted by Crippen LogP contribution is -2.78. The Bertz CT molecular complexity index is 372. The average molecular weight is 287 g/mol. The van der Waals surface area contributed by atoms with Gasteiger partial charge >= 0.3 is 0 Å². The fourth-order valence-corrected chi connectivity index (χ4v) is 49.1. The predicted octanol–water partition coefficient (Wildman–Crippen LogP) is 3.38. The van der Waals surface area contributed by atoms with Gasteiger partial charge in [-0.05, 0) is 11.3 Å². The van der Waals surface area contributed by atoms with Gasteiger partial charge in [0.2, 0.25) is 0 Å². The third-order valence-corrected chi connectivity index (χ3v) is 40.9. The van der Waals surface area contributed by atoms with E-state index in [9.17, 15) is 9.18 Å². The van der Waals surface area contributed by atoms with E-state index in [0.717, 1.165) is 5.20 Å². The molecule has 0 radical (unpaired) electrons. The van der Waals surface area contributed by atoms with Crippen molar-refractivity contribution in [2.45, 2.75) is 39.3 Å². The Labute approximate surface area is 106 Å². The van der Waals surface area contributed by atoms with E-state index in [2.05, 4.69) is 39.3 Å². The van der Waals surface area contributed by atoms with Gasteiger partial charge in [0.25, 0.3) is 0 Å². The van der Waals surface area contributed by atoms with Crippen molar-refractivity contribution in [3.8, 4) is 0 Å². The van der Waals surface area contributed by atoms with Gasteiger partial charge in [0.1, 0.15) is 12.1 Å². The minimum atomic E-state index is -2.28. The van der Waals surface area contributed by atoms with Crippen LogP contribution in [0.3, 0.4) is 0 Å². The van der Waals surface area contributed by atoms with Crippen molar-refractivity contribution in [1.82, 2.24) is 0 Å². The van der Waals surface area contributed by atoms with Crippen molar-refractivity contribution in [1.29, 1.82) is 0 Å². The molecule has 1 aliphatic heterocycles. The zero-order chi connectivity index (χ0) is 13.5. The van der Waals surface area contributed by atoms with Crippen LogP contribution in [0.1, 0.15) is 0 Å². The number of carbonyl (C=O) groups excluding carboxylic acids is 1. The molecule has 5 heteroatoms. The number of alkyl halides is 1. The number of carbonyl (C=O) groups is 1. The molecule has 0 saturated heterocycles. The topological polar surface area (TPSA) is 17.1 Å². The lowest BCUT2D eigenvalue weighted by atomic mass is 10.4. The van der Waals surface area contributed by atoms with E-state index in [1.165, 1.54) is 0 Å². The molecule has 0 N–H and O–H groups in total. The Balaban J connectivity index is 3.58. The first-order chi connectivity index (χ1) is 7.59. The van der Waals surface area contributed by atoms with E-state index < -0.39 is 29.0 Å². The highest BCUT2D eigenvalue weighted by Gasteiger charge is 2.61. The zero-order valence-corrected chi connectivity index (χ0v) is 14.7. The van der Waals surface area contributed by atoms with Crippen molar-refractivity contribution in [3.05, 3.63) is 23.4 Å². The summed E-state index contributed by atoms with van der Waals surface area (Å²) in [6.07, 6.45) is 5.34. The highest BCUT2D eigenvalue weighted by molar-refractivity contribution is 7.80. The van der Waals surface area contributed by atoms with Gasteiger partial charge in [-0.15, -0.1) is 0 Å². The van der Waals surface area contributed by atoms with Gasteiger partial charge in [0.15, 0.2) is 7.11 Å². The average Bonchev–Trinajstić information content (AvgIpc) is 2.12. The van der Waals surface area contributed by atoms with Gasteiger partial charge in [-0.25, -0.2) is 4.39 Å². The monoisotopic (exact) mass is 286 g/mol. The van der Waals surface area contributed by atoms with Crippen LogP contribution in [0.25, 0.3) is 0 Å². The van der Waals surface area contributed by atoms with Crippen molar-refractivity contribution < 1.29 is 9.18 Å². The molecule has 0 atom stereocenters. The molecule has 0 unspecified atom stereocenters. The zero-order valence-electron chi connectivity index (χ0n) is 11.7.